The highest BCUT2D eigenvalue weighted by Crippen LogP contribution is 2.58. The van der Waals surface area contributed by atoms with Crippen molar-refractivity contribution in [3.05, 3.63) is 0 Å². The summed E-state index contributed by atoms with van der Waals surface area (Å²) in [5.41, 5.74) is 2.84. The van der Waals surface area contributed by atoms with E-state index in [2.05, 4.69) is 12.3 Å². The number of nitrogens with two attached hydrogens (primary N) is 1. The van der Waals surface area contributed by atoms with Crippen molar-refractivity contribution < 1.29 is 4.79 Å². The first-order valence-corrected chi connectivity index (χ1v) is 7.17. The van der Waals surface area contributed by atoms with Gasteiger partial charge in [-0.15, -0.1) is 0 Å². The summed E-state index contributed by atoms with van der Waals surface area (Å²) in [5, 5.41) is 0. The van der Waals surface area contributed by atoms with Crippen LogP contribution in [-0.2, 0) is 4.79 Å². The minimum Gasteiger partial charge on any atom is -0.294 e. The van der Waals surface area contributed by atoms with E-state index in [4.69, 9.17) is 5.84 Å². The number of hydrogen-bond acceptors (Lipinski definition) is 2. The Labute approximate surface area is 104 Å². The van der Waals surface area contributed by atoms with Crippen LogP contribution in [0.5, 0.6) is 0 Å². The Bertz CT molecular complexity index is 263. The average Bonchev–Trinajstić information content (AvgIpc) is 2.40. The third-order valence-electron chi connectivity index (χ3n) is 5.33. The van der Waals surface area contributed by atoms with Crippen molar-refractivity contribution in [3.63, 3.8) is 0 Å². The molecular formula is C14H26N2O. The second-order valence-electron chi connectivity index (χ2n) is 6.21. The molecule has 0 aromatic rings. The lowest BCUT2D eigenvalue weighted by Crippen LogP contribution is -2.51. The molecule has 0 saturated heterocycles. The molecule has 0 atom stereocenters. The second-order valence-corrected chi connectivity index (χ2v) is 6.21. The Morgan fingerprint density at radius 3 is 2.18 bits per heavy atom. The van der Waals surface area contributed by atoms with E-state index < -0.39 is 0 Å². The van der Waals surface area contributed by atoms with Crippen molar-refractivity contribution in [1.29, 1.82) is 0 Å². The summed E-state index contributed by atoms with van der Waals surface area (Å²) >= 11 is 0. The lowest BCUT2D eigenvalue weighted by Gasteiger charge is -2.52. The number of fused-ring (bicyclic) bond motifs is 3. The molecule has 17 heavy (non-hydrogen) atoms. The Balaban J connectivity index is 1.92. The van der Waals surface area contributed by atoms with Crippen LogP contribution in [0.25, 0.3) is 0 Å². The number of amides is 1. The summed E-state index contributed by atoms with van der Waals surface area (Å²) in [6.45, 7) is 2.26. The van der Waals surface area contributed by atoms with Crippen LogP contribution in [0.15, 0.2) is 0 Å². The van der Waals surface area contributed by atoms with Gasteiger partial charge < -0.3 is 0 Å². The van der Waals surface area contributed by atoms with Gasteiger partial charge in [-0.25, -0.2) is 5.84 Å². The molecular weight excluding hydrogens is 212 g/mol. The molecule has 0 unspecified atom stereocenters. The third kappa shape index (κ3) is 2.35. The number of hydrazine groups is 1. The molecule has 0 radical (unpaired) electrons. The van der Waals surface area contributed by atoms with Gasteiger partial charge in [0.25, 0.3) is 0 Å². The number of carbonyl (C=O) groups excluding carboxylic acids is 1. The Morgan fingerprint density at radius 1 is 1.12 bits per heavy atom. The van der Waals surface area contributed by atoms with Gasteiger partial charge in [-0.3, -0.25) is 10.2 Å². The fourth-order valence-electron chi connectivity index (χ4n) is 3.88. The number of carbonyl (C=O) groups is 1. The van der Waals surface area contributed by atoms with Gasteiger partial charge in [0.05, 0.1) is 5.41 Å². The van der Waals surface area contributed by atoms with Crippen LogP contribution >= 0.6 is 0 Å². The van der Waals surface area contributed by atoms with E-state index >= 15 is 0 Å². The third-order valence-corrected chi connectivity index (χ3v) is 5.33. The predicted octanol–water partition coefficient (Wildman–Crippen LogP) is 2.90. The zero-order valence-corrected chi connectivity index (χ0v) is 11.1. The molecule has 2 bridgehead atoms. The van der Waals surface area contributed by atoms with Crippen LogP contribution in [0.3, 0.4) is 0 Å². The highest BCUT2D eigenvalue weighted by atomic mass is 16.2. The Kier molecular flexibility index (Phi) is 3.76. The van der Waals surface area contributed by atoms with Crippen molar-refractivity contribution in [2.45, 2.75) is 71.1 Å². The van der Waals surface area contributed by atoms with Gasteiger partial charge in [0.2, 0.25) is 5.91 Å². The number of rotatable bonds is 5. The maximum absolute atomic E-state index is 11.9. The lowest BCUT2D eigenvalue weighted by atomic mass is 9.52. The Hall–Kier alpha value is -0.570. The SMILES string of the molecule is CCCCCC12CCC(C(=O)NN)(CC1)CC2. The molecule has 0 aromatic heterocycles. The Morgan fingerprint density at radius 2 is 1.71 bits per heavy atom. The van der Waals surface area contributed by atoms with E-state index in [0.717, 1.165) is 19.3 Å². The molecule has 3 rings (SSSR count). The van der Waals surface area contributed by atoms with Crippen LogP contribution in [0.1, 0.15) is 71.1 Å². The first kappa shape index (κ1) is 12.9. The van der Waals surface area contributed by atoms with Crippen LogP contribution in [0, 0.1) is 10.8 Å². The van der Waals surface area contributed by atoms with Crippen molar-refractivity contribution in [1.82, 2.24) is 5.43 Å². The van der Waals surface area contributed by atoms with Gasteiger partial charge in [-0.2, -0.15) is 0 Å². The summed E-state index contributed by atoms with van der Waals surface area (Å²) in [4.78, 5) is 11.9. The van der Waals surface area contributed by atoms with Gasteiger partial charge in [0.15, 0.2) is 0 Å². The molecule has 0 heterocycles. The van der Waals surface area contributed by atoms with Gasteiger partial charge >= 0.3 is 0 Å². The molecule has 0 spiro atoms. The summed E-state index contributed by atoms with van der Waals surface area (Å²) in [5.74, 6) is 5.40. The maximum Gasteiger partial charge on any atom is 0.240 e. The fourth-order valence-corrected chi connectivity index (χ4v) is 3.88. The minimum absolute atomic E-state index is 0.0827. The summed E-state index contributed by atoms with van der Waals surface area (Å²) in [6, 6.07) is 0. The molecule has 0 aromatic carbocycles. The van der Waals surface area contributed by atoms with Crippen molar-refractivity contribution in [2.24, 2.45) is 16.7 Å². The van der Waals surface area contributed by atoms with Gasteiger partial charge in [0, 0.05) is 0 Å². The van der Waals surface area contributed by atoms with E-state index in [0.29, 0.717) is 5.41 Å². The first-order valence-electron chi connectivity index (χ1n) is 7.17. The number of hydrogen-bond donors (Lipinski definition) is 2. The van der Waals surface area contributed by atoms with E-state index in [9.17, 15) is 4.79 Å². The molecule has 3 nitrogen and oxygen atoms in total. The van der Waals surface area contributed by atoms with E-state index in [1.165, 1.54) is 44.9 Å². The standard InChI is InChI=1S/C14H26N2O/c1-2-3-4-5-13-6-9-14(10-7-13,11-8-13)12(17)16-15/h2-11,15H2,1H3,(H,16,17). The second kappa shape index (κ2) is 4.97. The van der Waals surface area contributed by atoms with Crippen LogP contribution in [-0.4, -0.2) is 5.91 Å². The first-order chi connectivity index (χ1) is 8.16. The van der Waals surface area contributed by atoms with Gasteiger partial charge in [-0.1, -0.05) is 26.2 Å². The largest absolute Gasteiger partial charge is 0.294 e. The van der Waals surface area contributed by atoms with Crippen molar-refractivity contribution >= 4 is 5.91 Å². The molecule has 98 valence electrons. The van der Waals surface area contributed by atoms with Crippen molar-refractivity contribution in [3.8, 4) is 0 Å². The molecule has 3 aliphatic carbocycles. The normalized spacial score (nSPS) is 35.9. The molecule has 1 amide bonds. The van der Waals surface area contributed by atoms with Gasteiger partial charge in [0.1, 0.15) is 0 Å². The summed E-state index contributed by atoms with van der Waals surface area (Å²) in [7, 11) is 0. The quantitative estimate of drug-likeness (QED) is 0.335. The van der Waals surface area contributed by atoms with E-state index in [1.807, 2.05) is 0 Å². The zero-order valence-electron chi connectivity index (χ0n) is 11.1. The topological polar surface area (TPSA) is 55.1 Å². The molecule has 3 N–H and O–H groups in total. The van der Waals surface area contributed by atoms with Crippen molar-refractivity contribution in [2.75, 3.05) is 0 Å². The highest BCUT2D eigenvalue weighted by molar-refractivity contribution is 5.82. The van der Waals surface area contributed by atoms with Crippen LogP contribution in [0.2, 0.25) is 0 Å². The lowest BCUT2D eigenvalue weighted by molar-refractivity contribution is -0.140. The fraction of sp³-hybridized carbons (Fsp3) is 0.929. The minimum atomic E-state index is -0.110. The predicted molar refractivity (Wildman–Crippen MR) is 69.0 cm³/mol. The van der Waals surface area contributed by atoms with Crippen LogP contribution < -0.4 is 11.3 Å². The highest BCUT2D eigenvalue weighted by Gasteiger charge is 2.51. The molecule has 3 saturated carbocycles. The summed E-state index contributed by atoms with van der Waals surface area (Å²) < 4.78 is 0. The van der Waals surface area contributed by atoms with E-state index in [-0.39, 0.29) is 11.3 Å². The molecule has 0 aliphatic heterocycles. The monoisotopic (exact) mass is 238 g/mol. The molecule has 3 aliphatic rings. The van der Waals surface area contributed by atoms with Gasteiger partial charge in [-0.05, 0) is 50.4 Å². The molecule has 3 fully saturated rings. The van der Waals surface area contributed by atoms with Crippen LogP contribution in [0.4, 0.5) is 0 Å². The number of nitrogens with one attached hydrogen (secondary N) is 1. The summed E-state index contributed by atoms with van der Waals surface area (Å²) in [6.07, 6.45) is 12.3. The molecule has 3 heteroatoms. The van der Waals surface area contributed by atoms with E-state index in [1.54, 1.807) is 0 Å². The zero-order chi connectivity index (χ0) is 12.4. The maximum atomic E-state index is 11.9. The average molecular weight is 238 g/mol. The number of unbranched alkanes of at least 4 members (excludes halogenated alkanes) is 2. The smallest absolute Gasteiger partial charge is 0.240 e.